The molecule has 2 saturated carbocycles. The molecule has 1 aromatic carbocycles. The van der Waals surface area contributed by atoms with Gasteiger partial charge in [-0.15, -0.1) is 12.4 Å². The van der Waals surface area contributed by atoms with Crippen molar-refractivity contribution in [1.29, 1.82) is 0 Å². The number of piperazine rings is 1. The molecule has 0 radical (unpaired) electrons. The third kappa shape index (κ3) is 5.81. The summed E-state index contributed by atoms with van der Waals surface area (Å²) in [6.45, 7) is 8.06. The van der Waals surface area contributed by atoms with Crippen LogP contribution < -0.4 is 15.0 Å². The van der Waals surface area contributed by atoms with E-state index >= 15 is 0 Å². The molecule has 182 valence electrons. The number of benzene rings is 1. The number of halogens is 1. The van der Waals surface area contributed by atoms with Gasteiger partial charge in [-0.3, -0.25) is 19.4 Å². The fourth-order valence-corrected chi connectivity index (χ4v) is 4.90. The molecule has 2 saturated heterocycles. The van der Waals surface area contributed by atoms with Crippen molar-refractivity contribution in [3.8, 4) is 5.75 Å². The van der Waals surface area contributed by atoms with Crippen LogP contribution >= 0.6 is 12.4 Å². The van der Waals surface area contributed by atoms with Crippen molar-refractivity contribution in [2.45, 2.75) is 57.0 Å². The van der Waals surface area contributed by atoms with Crippen LogP contribution in [0, 0.1) is 5.92 Å². The van der Waals surface area contributed by atoms with Crippen LogP contribution in [-0.2, 0) is 9.59 Å². The van der Waals surface area contributed by atoms with Gasteiger partial charge in [-0.05, 0) is 63.6 Å². The molecular formula is C25H37ClN4O3. The molecule has 2 amide bonds. The largest absolute Gasteiger partial charge is 0.491 e. The van der Waals surface area contributed by atoms with E-state index in [-0.39, 0.29) is 24.2 Å². The zero-order valence-electron chi connectivity index (χ0n) is 19.6. The standard InChI is InChI=1S/C25H36N4O3.ClH/c1-25(26-20-9-10-20)17-23(30)29(24(25)31)12-4-11-27-13-15-28(16-14-27)21-5-2-3-6-22(21)32-18-19-7-8-19;/h2-3,5-6,19-20,26H,4,7-18H2,1H3;1H. The lowest BCUT2D eigenvalue weighted by molar-refractivity contribution is -0.140. The van der Waals surface area contributed by atoms with Crippen molar-refractivity contribution in [3.05, 3.63) is 24.3 Å². The van der Waals surface area contributed by atoms with Crippen LogP contribution in [0.5, 0.6) is 5.75 Å². The first-order valence-electron chi connectivity index (χ1n) is 12.3. The van der Waals surface area contributed by atoms with Crippen LogP contribution in [0.25, 0.3) is 0 Å². The van der Waals surface area contributed by atoms with E-state index in [0.717, 1.165) is 70.3 Å². The van der Waals surface area contributed by atoms with Crippen LogP contribution in [0.1, 0.15) is 45.4 Å². The Labute approximate surface area is 203 Å². The van der Waals surface area contributed by atoms with Crippen molar-refractivity contribution < 1.29 is 14.3 Å². The number of ether oxygens (including phenoxy) is 1. The highest BCUT2D eigenvalue weighted by Gasteiger charge is 2.49. The Kier molecular flexibility index (Phi) is 7.51. The van der Waals surface area contributed by atoms with E-state index in [4.69, 9.17) is 4.74 Å². The second kappa shape index (κ2) is 10.2. The van der Waals surface area contributed by atoms with Gasteiger partial charge < -0.3 is 15.0 Å². The number of para-hydroxylation sites is 2. The molecule has 1 unspecified atom stereocenters. The highest BCUT2D eigenvalue weighted by molar-refractivity contribution is 6.08. The van der Waals surface area contributed by atoms with E-state index in [1.807, 2.05) is 13.0 Å². The van der Waals surface area contributed by atoms with E-state index in [1.165, 1.54) is 23.4 Å². The maximum Gasteiger partial charge on any atom is 0.249 e. The van der Waals surface area contributed by atoms with Crippen molar-refractivity contribution in [3.63, 3.8) is 0 Å². The summed E-state index contributed by atoms with van der Waals surface area (Å²) in [4.78, 5) is 31.6. The summed E-state index contributed by atoms with van der Waals surface area (Å²) in [5.74, 6) is 1.68. The Balaban J connectivity index is 0.00000259. The second-order valence-electron chi connectivity index (χ2n) is 10.2. The summed E-state index contributed by atoms with van der Waals surface area (Å²) in [7, 11) is 0. The summed E-state index contributed by atoms with van der Waals surface area (Å²) in [6.07, 6.45) is 5.94. The maximum atomic E-state index is 12.8. The molecule has 4 fully saturated rings. The quantitative estimate of drug-likeness (QED) is 0.524. The molecule has 2 heterocycles. The molecular weight excluding hydrogens is 440 g/mol. The minimum atomic E-state index is -0.696. The van der Waals surface area contributed by atoms with Gasteiger partial charge in [-0.25, -0.2) is 0 Å². The number of carbonyl (C=O) groups excluding carboxylic acids is 2. The molecule has 8 heteroatoms. The molecule has 0 spiro atoms. The van der Waals surface area contributed by atoms with Crippen LogP contribution in [0.3, 0.4) is 0 Å². The number of hydrogen-bond donors (Lipinski definition) is 1. The maximum absolute atomic E-state index is 12.8. The molecule has 1 aromatic rings. The normalized spacial score (nSPS) is 26.0. The van der Waals surface area contributed by atoms with E-state index in [9.17, 15) is 9.59 Å². The number of anilines is 1. The number of amides is 2. The number of hydrogen-bond acceptors (Lipinski definition) is 6. The zero-order chi connectivity index (χ0) is 22.1. The molecule has 5 rings (SSSR count). The average molecular weight is 477 g/mol. The Bertz CT molecular complexity index is 852. The third-order valence-electron chi connectivity index (χ3n) is 7.23. The van der Waals surface area contributed by atoms with Gasteiger partial charge in [0.05, 0.1) is 18.7 Å². The molecule has 4 aliphatic rings. The van der Waals surface area contributed by atoms with Crippen LogP contribution in [0.2, 0.25) is 0 Å². The number of nitrogens with zero attached hydrogens (tertiary/aromatic N) is 3. The number of imide groups is 1. The molecule has 1 N–H and O–H groups in total. The molecule has 7 nitrogen and oxygen atoms in total. The van der Waals surface area contributed by atoms with E-state index in [0.29, 0.717) is 19.0 Å². The lowest BCUT2D eigenvalue weighted by atomic mass is 10.0. The predicted octanol–water partition coefficient (Wildman–Crippen LogP) is 2.68. The Morgan fingerprint density at radius 3 is 2.45 bits per heavy atom. The van der Waals surface area contributed by atoms with E-state index < -0.39 is 5.54 Å². The fraction of sp³-hybridized carbons (Fsp3) is 0.680. The van der Waals surface area contributed by atoms with Crippen LogP contribution in [0.15, 0.2) is 24.3 Å². The van der Waals surface area contributed by atoms with Gasteiger partial charge >= 0.3 is 0 Å². The minimum absolute atomic E-state index is 0. The van der Waals surface area contributed by atoms with Gasteiger partial charge in [0.2, 0.25) is 11.8 Å². The van der Waals surface area contributed by atoms with Crippen LogP contribution in [-0.4, -0.2) is 79.1 Å². The molecule has 2 aliphatic heterocycles. The highest BCUT2D eigenvalue weighted by atomic mass is 35.5. The minimum Gasteiger partial charge on any atom is -0.491 e. The van der Waals surface area contributed by atoms with Crippen molar-refractivity contribution in [2.75, 3.05) is 50.8 Å². The average Bonchev–Trinajstić information content (AvgIpc) is 3.71. The number of nitrogens with one attached hydrogen (secondary N) is 1. The SMILES string of the molecule is CC1(NC2CC2)CC(=O)N(CCCN2CCN(c3ccccc3OCC3CC3)CC2)C1=O.Cl. The summed E-state index contributed by atoms with van der Waals surface area (Å²) in [6, 6.07) is 8.79. The summed E-state index contributed by atoms with van der Waals surface area (Å²) < 4.78 is 6.10. The monoisotopic (exact) mass is 476 g/mol. The molecule has 0 aromatic heterocycles. The van der Waals surface area contributed by atoms with Gasteiger partial charge in [0.15, 0.2) is 0 Å². The molecule has 2 aliphatic carbocycles. The summed E-state index contributed by atoms with van der Waals surface area (Å²) >= 11 is 0. The number of likely N-dealkylation sites (tertiary alicyclic amines) is 1. The first kappa shape index (κ1) is 24.3. The highest BCUT2D eigenvalue weighted by Crippen LogP contribution is 2.34. The van der Waals surface area contributed by atoms with E-state index in [1.54, 1.807) is 0 Å². The second-order valence-corrected chi connectivity index (χ2v) is 10.2. The van der Waals surface area contributed by atoms with Crippen molar-refractivity contribution in [2.24, 2.45) is 5.92 Å². The summed E-state index contributed by atoms with van der Waals surface area (Å²) in [5, 5.41) is 3.38. The van der Waals surface area contributed by atoms with Gasteiger partial charge in [0.25, 0.3) is 0 Å². The summed E-state index contributed by atoms with van der Waals surface area (Å²) in [5.41, 5.74) is 0.502. The van der Waals surface area contributed by atoms with Gasteiger partial charge in [-0.2, -0.15) is 0 Å². The molecule has 1 atom stereocenters. The first-order chi connectivity index (χ1) is 15.5. The Morgan fingerprint density at radius 1 is 1.03 bits per heavy atom. The first-order valence-corrected chi connectivity index (χ1v) is 12.3. The van der Waals surface area contributed by atoms with Gasteiger partial charge in [0.1, 0.15) is 11.3 Å². The molecule has 0 bridgehead atoms. The predicted molar refractivity (Wildman–Crippen MR) is 131 cm³/mol. The molecule has 33 heavy (non-hydrogen) atoms. The Morgan fingerprint density at radius 2 is 1.76 bits per heavy atom. The van der Waals surface area contributed by atoms with Crippen LogP contribution in [0.4, 0.5) is 5.69 Å². The van der Waals surface area contributed by atoms with E-state index in [2.05, 4.69) is 33.3 Å². The topological polar surface area (TPSA) is 65.1 Å². The zero-order valence-corrected chi connectivity index (χ0v) is 20.4. The fourth-order valence-electron chi connectivity index (χ4n) is 4.90. The number of rotatable bonds is 10. The van der Waals surface area contributed by atoms with Crippen molar-refractivity contribution in [1.82, 2.24) is 15.1 Å². The smallest absolute Gasteiger partial charge is 0.249 e. The van der Waals surface area contributed by atoms with Crippen molar-refractivity contribution >= 4 is 29.9 Å². The van der Waals surface area contributed by atoms with Gasteiger partial charge in [0, 0.05) is 38.8 Å². The lowest BCUT2D eigenvalue weighted by Crippen LogP contribution is -2.50. The lowest BCUT2D eigenvalue weighted by Gasteiger charge is -2.37. The Hall–Kier alpha value is -1.83. The van der Waals surface area contributed by atoms with Gasteiger partial charge in [-0.1, -0.05) is 12.1 Å². The third-order valence-corrected chi connectivity index (χ3v) is 7.23. The number of carbonyl (C=O) groups is 2.